The highest BCUT2D eigenvalue weighted by atomic mass is 16.6. The molecule has 0 saturated heterocycles. The highest BCUT2D eigenvalue weighted by Crippen LogP contribution is 2.67. The first-order valence-electron chi connectivity index (χ1n) is 14.7. The maximum Gasteiger partial charge on any atom is 0.326 e. The zero-order chi connectivity index (χ0) is 28.7. The number of carbonyl (C=O) groups excluding carboxylic acids is 2. The van der Waals surface area contributed by atoms with E-state index in [0.717, 1.165) is 56.2 Å². The summed E-state index contributed by atoms with van der Waals surface area (Å²) in [5.41, 5.74) is 1.54. The van der Waals surface area contributed by atoms with Gasteiger partial charge in [-0.1, -0.05) is 54.9 Å². The van der Waals surface area contributed by atoms with Gasteiger partial charge in [0.1, 0.15) is 11.6 Å². The van der Waals surface area contributed by atoms with E-state index in [1.165, 1.54) is 5.57 Å². The lowest BCUT2D eigenvalue weighted by molar-refractivity contribution is -0.159. The standard InChI is InChI=1S/C32H42N2O6/c1-20(35)32(39)16-13-26-24-10-9-22-18-23(11-14-30(22,2)25(24)12-15-31(26,32)3)34-40-19-28(36)33-27(29(37)38)17-21-7-5-4-6-8-21/h4-8,18,24-27,39H,9-17,19H2,1-3H3,(H,33,36)(H,37,38)/b34-23-/t24-,25+,26+,27-,30+,31+,32+/m1/s1. The summed E-state index contributed by atoms with van der Waals surface area (Å²) in [7, 11) is 0. The van der Waals surface area contributed by atoms with E-state index in [2.05, 4.69) is 30.4 Å². The second-order valence-corrected chi connectivity index (χ2v) is 12.9. The fourth-order valence-corrected chi connectivity index (χ4v) is 8.70. The predicted octanol–water partition coefficient (Wildman–Crippen LogP) is 4.45. The third-order valence-corrected chi connectivity index (χ3v) is 11.0. The van der Waals surface area contributed by atoms with Gasteiger partial charge in [0.15, 0.2) is 12.4 Å². The fraction of sp³-hybridized carbons (Fsp3) is 0.625. The van der Waals surface area contributed by atoms with Crippen molar-refractivity contribution in [2.75, 3.05) is 6.61 Å². The number of carbonyl (C=O) groups is 3. The number of amides is 1. The third-order valence-electron chi connectivity index (χ3n) is 11.0. The first-order valence-corrected chi connectivity index (χ1v) is 14.7. The number of ketones is 1. The summed E-state index contributed by atoms with van der Waals surface area (Å²) >= 11 is 0. The first kappa shape index (κ1) is 28.5. The highest BCUT2D eigenvalue weighted by Gasteiger charge is 2.65. The number of aliphatic carboxylic acids is 1. The maximum absolute atomic E-state index is 12.5. The van der Waals surface area contributed by atoms with E-state index in [-0.39, 0.29) is 29.6 Å². The van der Waals surface area contributed by atoms with Crippen LogP contribution in [0.1, 0.15) is 77.7 Å². The van der Waals surface area contributed by atoms with Crippen molar-refractivity contribution in [2.24, 2.45) is 33.7 Å². The summed E-state index contributed by atoms with van der Waals surface area (Å²) in [6, 6.07) is 8.14. The molecule has 40 heavy (non-hydrogen) atoms. The minimum atomic E-state index is -1.19. The van der Waals surface area contributed by atoms with Crippen molar-refractivity contribution in [3.63, 3.8) is 0 Å². The van der Waals surface area contributed by atoms with E-state index in [1.54, 1.807) is 6.92 Å². The SMILES string of the molecule is CC(=O)[C@@]1(O)CC[C@H]2[C@@H]3CCC4=C/C(=N\OCC(=O)N[C@H](Cc5ccccc5)C(=O)O)CC[C@]4(C)[C@H]3CC[C@@]21C. The summed E-state index contributed by atoms with van der Waals surface area (Å²) in [4.78, 5) is 41.9. The Labute approximate surface area is 236 Å². The molecule has 4 aliphatic carbocycles. The number of fused-ring (bicyclic) bond motifs is 5. The van der Waals surface area contributed by atoms with E-state index >= 15 is 0 Å². The maximum atomic E-state index is 12.5. The number of benzene rings is 1. The fourth-order valence-electron chi connectivity index (χ4n) is 8.70. The molecule has 0 bridgehead atoms. The molecule has 1 aromatic carbocycles. The molecular formula is C32H42N2O6. The largest absolute Gasteiger partial charge is 0.480 e. The molecular weight excluding hydrogens is 508 g/mol. The summed E-state index contributed by atoms with van der Waals surface area (Å²) < 4.78 is 0. The molecule has 8 nitrogen and oxygen atoms in total. The Morgan fingerprint density at radius 3 is 2.48 bits per heavy atom. The molecule has 0 spiro atoms. The van der Waals surface area contributed by atoms with Gasteiger partial charge in [-0.05, 0) is 93.1 Å². The molecule has 8 heteroatoms. The van der Waals surface area contributed by atoms with Gasteiger partial charge in [-0.15, -0.1) is 0 Å². The van der Waals surface area contributed by atoms with Gasteiger partial charge in [0.2, 0.25) is 0 Å². The topological polar surface area (TPSA) is 125 Å². The number of carboxylic acid groups (broad SMARTS) is 1. The number of carboxylic acids is 1. The van der Waals surface area contributed by atoms with Crippen molar-refractivity contribution in [3.8, 4) is 0 Å². The Morgan fingerprint density at radius 2 is 1.77 bits per heavy atom. The van der Waals surface area contributed by atoms with Crippen LogP contribution in [0.15, 0.2) is 47.1 Å². The van der Waals surface area contributed by atoms with E-state index < -0.39 is 23.5 Å². The van der Waals surface area contributed by atoms with Gasteiger partial charge in [0, 0.05) is 11.8 Å². The zero-order valence-electron chi connectivity index (χ0n) is 23.8. The molecule has 3 fully saturated rings. The smallest absolute Gasteiger partial charge is 0.326 e. The zero-order valence-corrected chi connectivity index (χ0v) is 23.8. The van der Waals surface area contributed by atoms with Crippen molar-refractivity contribution in [3.05, 3.63) is 47.5 Å². The van der Waals surface area contributed by atoms with Crippen LogP contribution < -0.4 is 5.32 Å². The third kappa shape index (κ3) is 4.89. The van der Waals surface area contributed by atoms with Gasteiger partial charge in [0.25, 0.3) is 5.91 Å². The molecule has 0 aliphatic heterocycles. The van der Waals surface area contributed by atoms with Gasteiger partial charge in [-0.2, -0.15) is 0 Å². The van der Waals surface area contributed by atoms with Crippen molar-refractivity contribution in [2.45, 2.75) is 90.2 Å². The van der Waals surface area contributed by atoms with Crippen LogP contribution in [0.3, 0.4) is 0 Å². The Balaban J connectivity index is 1.20. The lowest BCUT2D eigenvalue weighted by Crippen LogP contribution is -2.57. The number of nitrogens with one attached hydrogen (secondary N) is 1. The number of Topliss-reactive ketones (excluding diaryl/α,β-unsaturated/α-hetero) is 1. The number of oxime groups is 1. The summed E-state index contributed by atoms with van der Waals surface area (Å²) in [5.74, 6) is -0.306. The Hall–Kier alpha value is -3.00. The van der Waals surface area contributed by atoms with Crippen LogP contribution in [0.25, 0.3) is 0 Å². The van der Waals surface area contributed by atoms with Crippen LogP contribution in [0, 0.1) is 28.6 Å². The van der Waals surface area contributed by atoms with E-state index in [0.29, 0.717) is 24.2 Å². The van der Waals surface area contributed by atoms with Crippen LogP contribution in [0.5, 0.6) is 0 Å². The van der Waals surface area contributed by atoms with Crippen molar-refractivity contribution < 1.29 is 29.4 Å². The predicted molar refractivity (Wildman–Crippen MR) is 150 cm³/mol. The van der Waals surface area contributed by atoms with Crippen LogP contribution in [-0.4, -0.2) is 51.8 Å². The van der Waals surface area contributed by atoms with Gasteiger partial charge in [-0.25, -0.2) is 4.79 Å². The number of hydrogen-bond acceptors (Lipinski definition) is 6. The summed E-state index contributed by atoms with van der Waals surface area (Å²) in [5, 5.41) is 27.7. The second-order valence-electron chi connectivity index (χ2n) is 12.9. The average Bonchev–Trinajstić information content (AvgIpc) is 3.20. The van der Waals surface area contributed by atoms with Gasteiger partial charge in [-0.3, -0.25) is 9.59 Å². The number of aliphatic hydroxyl groups is 1. The van der Waals surface area contributed by atoms with Crippen LogP contribution in [0.4, 0.5) is 0 Å². The number of allylic oxidation sites excluding steroid dienone is 2. The molecule has 1 amide bonds. The molecule has 0 unspecified atom stereocenters. The molecule has 0 aromatic heterocycles. The lowest BCUT2D eigenvalue weighted by Gasteiger charge is -2.59. The molecule has 216 valence electrons. The number of rotatable bonds is 8. The van der Waals surface area contributed by atoms with Gasteiger partial charge >= 0.3 is 5.97 Å². The Bertz CT molecular complexity index is 1230. The molecule has 5 rings (SSSR count). The summed E-state index contributed by atoms with van der Waals surface area (Å²) in [6.45, 7) is 5.72. The number of nitrogens with zero attached hydrogens (tertiary/aromatic N) is 1. The lowest BCUT2D eigenvalue weighted by atomic mass is 9.46. The first-order chi connectivity index (χ1) is 19.0. The molecule has 1 aromatic rings. The molecule has 4 aliphatic rings. The quantitative estimate of drug-likeness (QED) is 0.411. The number of hydrogen-bond donors (Lipinski definition) is 3. The average molecular weight is 551 g/mol. The van der Waals surface area contributed by atoms with E-state index in [1.807, 2.05) is 30.3 Å². The van der Waals surface area contributed by atoms with Gasteiger partial charge in [0.05, 0.1) is 5.71 Å². The Kier molecular flexibility index (Phi) is 7.68. The monoisotopic (exact) mass is 550 g/mol. The molecule has 0 heterocycles. The highest BCUT2D eigenvalue weighted by molar-refractivity contribution is 5.96. The Morgan fingerprint density at radius 1 is 1.05 bits per heavy atom. The van der Waals surface area contributed by atoms with Crippen molar-refractivity contribution in [1.82, 2.24) is 5.32 Å². The van der Waals surface area contributed by atoms with Crippen LogP contribution in [0.2, 0.25) is 0 Å². The normalized spacial score (nSPS) is 36.5. The van der Waals surface area contributed by atoms with Crippen molar-refractivity contribution >= 4 is 23.4 Å². The molecule has 3 saturated carbocycles. The van der Waals surface area contributed by atoms with Crippen LogP contribution in [-0.2, 0) is 25.6 Å². The minimum absolute atomic E-state index is 0.0592. The van der Waals surface area contributed by atoms with Crippen molar-refractivity contribution in [1.29, 1.82) is 0 Å². The van der Waals surface area contributed by atoms with E-state index in [9.17, 15) is 24.6 Å². The molecule has 0 radical (unpaired) electrons. The van der Waals surface area contributed by atoms with E-state index in [4.69, 9.17) is 4.84 Å². The second kappa shape index (κ2) is 10.8. The molecule has 7 atom stereocenters. The summed E-state index contributed by atoms with van der Waals surface area (Å²) in [6.07, 6.45) is 9.42. The van der Waals surface area contributed by atoms with Gasteiger partial charge < -0.3 is 20.4 Å². The molecule has 3 N–H and O–H groups in total. The van der Waals surface area contributed by atoms with Crippen LogP contribution >= 0.6 is 0 Å². The minimum Gasteiger partial charge on any atom is -0.480 e.